The Morgan fingerprint density at radius 3 is 3.00 bits per heavy atom. The van der Waals surface area contributed by atoms with E-state index in [1.54, 1.807) is 28.7 Å². The Balaban J connectivity index is 1.69. The minimum absolute atomic E-state index is 0.295. The van der Waals surface area contributed by atoms with Crippen LogP contribution < -0.4 is 10.6 Å². The van der Waals surface area contributed by atoms with E-state index in [9.17, 15) is 4.79 Å². The molecular weight excluding hydrogens is 300 g/mol. The van der Waals surface area contributed by atoms with E-state index in [1.165, 1.54) is 11.3 Å². The van der Waals surface area contributed by atoms with E-state index >= 15 is 0 Å². The first kappa shape index (κ1) is 14.2. The summed E-state index contributed by atoms with van der Waals surface area (Å²) in [6.07, 6.45) is 7.01. The van der Waals surface area contributed by atoms with Crippen molar-refractivity contribution >= 4 is 22.5 Å². The zero-order valence-electron chi connectivity index (χ0n) is 11.9. The monoisotopic (exact) mass is 314 g/mol. The molecule has 3 rings (SSSR count). The number of hydrogen-bond donors (Lipinski definition) is 2. The summed E-state index contributed by atoms with van der Waals surface area (Å²) in [5.74, 6) is 0. The van der Waals surface area contributed by atoms with Crippen molar-refractivity contribution in [3.8, 4) is 11.3 Å². The van der Waals surface area contributed by atoms with Crippen molar-refractivity contribution in [2.75, 3.05) is 5.32 Å². The van der Waals surface area contributed by atoms with Crippen LogP contribution >= 0.6 is 11.3 Å². The van der Waals surface area contributed by atoms with E-state index in [-0.39, 0.29) is 6.03 Å². The summed E-state index contributed by atoms with van der Waals surface area (Å²) in [4.78, 5) is 20.2. The summed E-state index contributed by atoms with van der Waals surface area (Å²) in [6.45, 7) is 0.370. The molecule has 8 heteroatoms. The number of nitrogens with zero attached hydrogens (tertiary/aromatic N) is 4. The van der Waals surface area contributed by atoms with Crippen LogP contribution in [0.2, 0.25) is 0 Å². The number of aromatic nitrogens is 4. The minimum atomic E-state index is -0.295. The average molecular weight is 314 g/mol. The molecule has 0 fully saturated rings. The molecule has 0 saturated heterocycles. The van der Waals surface area contributed by atoms with Crippen LogP contribution in [0.3, 0.4) is 0 Å². The Morgan fingerprint density at radius 2 is 2.27 bits per heavy atom. The van der Waals surface area contributed by atoms with Gasteiger partial charge in [0, 0.05) is 43.1 Å². The predicted molar refractivity (Wildman–Crippen MR) is 84.4 cm³/mol. The maximum absolute atomic E-state index is 11.8. The van der Waals surface area contributed by atoms with Crippen molar-refractivity contribution in [1.29, 1.82) is 0 Å². The molecule has 0 radical (unpaired) electrons. The highest BCUT2D eigenvalue weighted by atomic mass is 32.1. The molecule has 22 heavy (non-hydrogen) atoms. The van der Waals surface area contributed by atoms with Crippen LogP contribution in [-0.4, -0.2) is 25.8 Å². The largest absolute Gasteiger partial charge is 0.334 e. The van der Waals surface area contributed by atoms with Crippen LogP contribution in [0.15, 0.2) is 42.3 Å². The van der Waals surface area contributed by atoms with Gasteiger partial charge in [0.25, 0.3) is 0 Å². The molecule has 0 aliphatic carbocycles. The van der Waals surface area contributed by atoms with Crippen LogP contribution in [0.1, 0.15) is 5.56 Å². The third-order valence-electron chi connectivity index (χ3n) is 2.96. The molecule has 0 aliphatic rings. The summed E-state index contributed by atoms with van der Waals surface area (Å²) in [5, 5.41) is 12.0. The molecule has 0 aliphatic heterocycles. The molecule has 7 nitrogen and oxygen atoms in total. The Kier molecular flexibility index (Phi) is 4.10. The standard InChI is InChI=1S/C14H14N6OS/c1-20-9-11(8-18-20)12-10(3-2-4-15-12)7-17-13(21)19-14-16-5-6-22-14/h2-6,8-9H,7H2,1H3,(H2,16,17,19,21). The predicted octanol–water partition coefficient (Wildman–Crippen LogP) is 2.26. The van der Waals surface area contributed by atoms with E-state index in [4.69, 9.17) is 0 Å². The van der Waals surface area contributed by atoms with Crippen LogP contribution in [0.4, 0.5) is 9.93 Å². The van der Waals surface area contributed by atoms with Crippen molar-refractivity contribution in [2.24, 2.45) is 7.05 Å². The maximum atomic E-state index is 11.8. The topological polar surface area (TPSA) is 84.7 Å². The average Bonchev–Trinajstić information content (AvgIpc) is 3.17. The third kappa shape index (κ3) is 3.29. The molecule has 0 aromatic carbocycles. The SMILES string of the molecule is Cn1cc(-c2ncccc2CNC(=O)Nc2nccs2)cn1. The minimum Gasteiger partial charge on any atom is -0.334 e. The quantitative estimate of drug-likeness (QED) is 0.773. The molecule has 2 N–H and O–H groups in total. The molecule has 0 atom stereocenters. The van der Waals surface area contributed by atoms with Gasteiger partial charge in [0.05, 0.1) is 11.9 Å². The van der Waals surface area contributed by atoms with Gasteiger partial charge in [0.15, 0.2) is 5.13 Å². The highest BCUT2D eigenvalue weighted by molar-refractivity contribution is 7.13. The molecular formula is C14H14N6OS. The summed E-state index contributed by atoms with van der Waals surface area (Å²) in [7, 11) is 1.85. The second kappa shape index (κ2) is 6.35. The van der Waals surface area contributed by atoms with Gasteiger partial charge in [0.2, 0.25) is 0 Å². The van der Waals surface area contributed by atoms with Crippen molar-refractivity contribution in [1.82, 2.24) is 25.1 Å². The molecule has 3 heterocycles. The lowest BCUT2D eigenvalue weighted by Gasteiger charge is -2.08. The van der Waals surface area contributed by atoms with Gasteiger partial charge in [-0.1, -0.05) is 6.07 Å². The number of pyridine rings is 1. The molecule has 3 aromatic heterocycles. The fourth-order valence-electron chi connectivity index (χ4n) is 1.99. The number of rotatable bonds is 4. The van der Waals surface area contributed by atoms with E-state index in [1.807, 2.05) is 25.4 Å². The Hall–Kier alpha value is -2.74. The molecule has 3 aromatic rings. The smallest absolute Gasteiger partial charge is 0.321 e. The van der Waals surface area contributed by atoms with Crippen molar-refractivity contribution < 1.29 is 4.79 Å². The van der Waals surface area contributed by atoms with Gasteiger partial charge >= 0.3 is 6.03 Å². The first-order valence-electron chi connectivity index (χ1n) is 6.59. The summed E-state index contributed by atoms with van der Waals surface area (Å²) >= 11 is 1.37. The highest BCUT2D eigenvalue weighted by Gasteiger charge is 2.10. The van der Waals surface area contributed by atoms with E-state index in [0.717, 1.165) is 16.8 Å². The number of urea groups is 1. The lowest BCUT2D eigenvalue weighted by atomic mass is 10.1. The highest BCUT2D eigenvalue weighted by Crippen LogP contribution is 2.20. The van der Waals surface area contributed by atoms with Crippen LogP contribution in [0, 0.1) is 0 Å². The lowest BCUT2D eigenvalue weighted by molar-refractivity contribution is 0.251. The van der Waals surface area contributed by atoms with Crippen molar-refractivity contribution in [3.63, 3.8) is 0 Å². The van der Waals surface area contributed by atoms with Crippen LogP contribution in [0.25, 0.3) is 11.3 Å². The molecule has 0 saturated carbocycles. The molecule has 0 spiro atoms. The summed E-state index contributed by atoms with van der Waals surface area (Å²) in [5.41, 5.74) is 2.65. The first-order chi connectivity index (χ1) is 10.7. The second-order valence-electron chi connectivity index (χ2n) is 4.56. The van der Waals surface area contributed by atoms with E-state index in [2.05, 4.69) is 25.7 Å². The van der Waals surface area contributed by atoms with Gasteiger partial charge in [-0.25, -0.2) is 9.78 Å². The fraction of sp³-hybridized carbons (Fsp3) is 0.143. The number of hydrogen-bond acceptors (Lipinski definition) is 5. The molecule has 2 amide bonds. The second-order valence-corrected chi connectivity index (χ2v) is 5.45. The zero-order valence-corrected chi connectivity index (χ0v) is 12.7. The Morgan fingerprint density at radius 1 is 1.36 bits per heavy atom. The van der Waals surface area contributed by atoms with Gasteiger partial charge in [-0.05, 0) is 11.6 Å². The third-order valence-corrected chi connectivity index (χ3v) is 3.65. The number of carbonyl (C=O) groups is 1. The van der Waals surface area contributed by atoms with Crippen LogP contribution in [0.5, 0.6) is 0 Å². The number of thiazole rings is 1. The van der Waals surface area contributed by atoms with Gasteiger partial charge < -0.3 is 5.32 Å². The number of nitrogens with one attached hydrogen (secondary N) is 2. The number of aryl methyl sites for hydroxylation is 1. The van der Waals surface area contributed by atoms with Gasteiger partial charge in [0.1, 0.15) is 0 Å². The van der Waals surface area contributed by atoms with Gasteiger partial charge in [-0.15, -0.1) is 11.3 Å². The molecule has 112 valence electrons. The lowest BCUT2D eigenvalue weighted by Crippen LogP contribution is -2.28. The van der Waals surface area contributed by atoms with Crippen molar-refractivity contribution in [2.45, 2.75) is 6.54 Å². The fourth-order valence-corrected chi connectivity index (χ4v) is 2.51. The maximum Gasteiger partial charge on any atom is 0.321 e. The normalized spacial score (nSPS) is 10.4. The number of carbonyl (C=O) groups excluding carboxylic acids is 1. The Labute approximate surface area is 131 Å². The number of anilines is 1. The molecule has 0 unspecified atom stereocenters. The number of amides is 2. The van der Waals surface area contributed by atoms with Gasteiger partial charge in [-0.2, -0.15) is 5.10 Å². The Bertz CT molecular complexity index is 767. The summed E-state index contributed by atoms with van der Waals surface area (Å²) in [6, 6.07) is 3.48. The summed E-state index contributed by atoms with van der Waals surface area (Å²) < 4.78 is 1.72. The first-order valence-corrected chi connectivity index (χ1v) is 7.47. The zero-order chi connectivity index (χ0) is 15.4. The molecule has 0 bridgehead atoms. The van der Waals surface area contributed by atoms with Crippen LogP contribution in [-0.2, 0) is 13.6 Å². The van der Waals surface area contributed by atoms with Crippen molar-refractivity contribution in [3.05, 3.63) is 47.9 Å². The van der Waals surface area contributed by atoms with E-state index in [0.29, 0.717) is 11.7 Å². The van der Waals surface area contributed by atoms with Gasteiger partial charge in [-0.3, -0.25) is 15.0 Å². The van der Waals surface area contributed by atoms with E-state index < -0.39 is 0 Å².